The fourth-order valence-corrected chi connectivity index (χ4v) is 0. The summed E-state index contributed by atoms with van der Waals surface area (Å²) >= 11 is -7.29. The summed E-state index contributed by atoms with van der Waals surface area (Å²) < 4.78 is 51.1. The second-order valence-corrected chi connectivity index (χ2v) is 1.96. The zero-order chi connectivity index (χ0) is 7.15. The predicted molar refractivity (Wildman–Crippen MR) is 0 cm³/mol. The van der Waals surface area contributed by atoms with E-state index in [4.69, 9.17) is 25.2 Å². The third kappa shape index (κ3) is 326. The Morgan fingerprint density at radius 1 is 0.556 bits per heavy atom. The van der Waals surface area contributed by atoms with Crippen LogP contribution in [0.2, 0.25) is 0 Å². The molecule has 0 atom stereocenters. The van der Waals surface area contributed by atoms with Crippen molar-refractivity contribution in [3.63, 3.8) is 0 Å². The van der Waals surface area contributed by atoms with Crippen LogP contribution < -0.4 is 25.2 Å². The molecule has 0 amide bonds. The Morgan fingerprint density at radius 3 is 0.556 bits per heavy atom. The van der Waals surface area contributed by atoms with Gasteiger partial charge in [-0.15, -0.1) is 0 Å². The molecule has 9 heteroatoms. The number of hydrogen-bond donors (Lipinski definition) is 0. The van der Waals surface area contributed by atoms with E-state index in [1.807, 2.05) is 0 Å². The van der Waals surface area contributed by atoms with Gasteiger partial charge in [0, 0.05) is 0 Å². The van der Waals surface area contributed by atoms with Gasteiger partial charge in [-0.25, -0.2) is 0 Å². The summed E-state index contributed by atoms with van der Waals surface area (Å²) in [7, 11) is 0. The fourth-order valence-electron chi connectivity index (χ4n) is 0. The van der Waals surface area contributed by atoms with Crippen LogP contribution in [-0.4, -0.2) is 0 Å². The molecule has 0 spiro atoms. The van der Waals surface area contributed by atoms with Gasteiger partial charge in [-0.1, -0.05) is 0 Å². The van der Waals surface area contributed by atoms with Crippen molar-refractivity contribution in [2.75, 3.05) is 0 Å². The molecule has 6 nitrogen and oxygen atoms in total. The maximum absolute atomic E-state index is 8.52. The zero-order valence-electron chi connectivity index (χ0n) is 3.52. The van der Waals surface area contributed by atoms with Crippen molar-refractivity contribution >= 4 is 0 Å². The van der Waals surface area contributed by atoms with Crippen LogP contribution in [0.25, 0.3) is 0 Å². The molecule has 0 saturated heterocycles. The Kier molecular flexibility index (Phi) is 22.1. The van der Waals surface area contributed by atoms with Crippen LogP contribution in [0.1, 0.15) is 0 Å². The molecule has 0 fully saturated rings. The minimum Gasteiger partial charge on any atom is -0.405 e. The summed E-state index contributed by atoms with van der Waals surface area (Å²) in [5.41, 5.74) is 0. The summed E-state index contributed by atoms with van der Waals surface area (Å²) in [5.74, 6) is 0. The van der Waals surface area contributed by atoms with Crippen LogP contribution >= 0.6 is 0 Å². The molecule has 60 valence electrons. The third-order valence-corrected chi connectivity index (χ3v) is 0. The molecule has 0 saturated carbocycles. The molecule has 0 N–H and O–H groups in total. The molecule has 0 aliphatic carbocycles. The first-order valence-electron chi connectivity index (χ1n) is 0.926. The number of halogens is 2. The summed E-state index contributed by atoms with van der Waals surface area (Å²) in [6.45, 7) is 0. The monoisotopic (exact) mass is 312 g/mol. The first-order valence-corrected chi connectivity index (χ1v) is 4.81. The Bertz CT molecular complexity index is 26.5. The minimum absolute atomic E-state index is 0. The van der Waals surface area contributed by atoms with Crippen molar-refractivity contribution in [3.8, 4) is 0 Å². The minimum atomic E-state index is -3.65. The maximum atomic E-state index is 8.52. The Labute approximate surface area is 71.3 Å². The van der Waals surface area contributed by atoms with Crippen molar-refractivity contribution in [2.45, 2.75) is 0 Å². The van der Waals surface area contributed by atoms with Crippen molar-refractivity contribution in [3.05, 3.63) is 0 Å². The summed E-state index contributed by atoms with van der Waals surface area (Å²) in [6.07, 6.45) is 0. The molecule has 0 bridgehead atoms. The van der Waals surface area contributed by atoms with Crippen molar-refractivity contribution < 1.29 is 71.3 Å². The van der Waals surface area contributed by atoms with E-state index >= 15 is 0 Å². The van der Waals surface area contributed by atoms with Gasteiger partial charge in [0.15, 0.2) is 0 Å². The second kappa shape index (κ2) is 11.9. The van der Waals surface area contributed by atoms with Crippen LogP contribution in [0, 0.1) is 29.6 Å². The molecule has 0 aromatic heterocycles. The Hall–Kier alpha value is 1.21. The molecule has 0 radical (unpaired) electrons. The van der Waals surface area contributed by atoms with Gasteiger partial charge < -0.3 is 25.2 Å². The molecule has 0 unspecified atom stereocenters. The van der Waals surface area contributed by atoms with E-state index in [0.29, 0.717) is 0 Å². The average Bonchev–Trinajstić information content (AvgIpc) is 1.25. The average molecular weight is 314 g/mol. The van der Waals surface area contributed by atoms with E-state index in [1.165, 1.54) is 0 Å². The predicted octanol–water partition coefficient (Wildman–Crippen LogP) is -7.14. The van der Waals surface area contributed by atoms with E-state index in [2.05, 4.69) is 0 Å². The molecular formula is Br2NiO6. The first kappa shape index (κ1) is 16.7. The molecule has 0 aliphatic heterocycles. The van der Waals surface area contributed by atoms with Gasteiger partial charge in [0.25, 0.3) is 0 Å². The van der Waals surface area contributed by atoms with Crippen LogP contribution in [0.3, 0.4) is 0 Å². The smallest absolute Gasteiger partial charge is 0.405 e. The van der Waals surface area contributed by atoms with Crippen molar-refractivity contribution in [1.29, 1.82) is 0 Å². The summed E-state index contributed by atoms with van der Waals surface area (Å²) in [6, 6.07) is 0. The standard InChI is InChI=1S/2BrO3.Ni/c2*2-1(3)4;/q2*-1;+2. The van der Waals surface area contributed by atoms with Gasteiger partial charge in [-0.3, -0.25) is 0 Å². The summed E-state index contributed by atoms with van der Waals surface area (Å²) in [4.78, 5) is 0. The van der Waals surface area contributed by atoms with Gasteiger partial charge >= 0.3 is 16.5 Å². The first-order chi connectivity index (χ1) is 3.46. The molecule has 0 aromatic carbocycles. The van der Waals surface area contributed by atoms with Crippen LogP contribution in [-0.2, 0) is 16.5 Å². The normalized spacial score (nSPS) is 8.00. The zero-order valence-corrected chi connectivity index (χ0v) is 7.68. The number of rotatable bonds is 0. The number of hydrogen-bond acceptors (Lipinski definition) is 6. The van der Waals surface area contributed by atoms with Gasteiger partial charge in [-0.2, -0.15) is 0 Å². The molecule has 0 aromatic rings. The molecule has 0 aliphatic rings. The SMILES string of the molecule is [Ni+2].[O-][Br+2]([O-])[O-].[O-][Br+2]([O-])[O-]. The van der Waals surface area contributed by atoms with Crippen molar-refractivity contribution in [1.82, 2.24) is 0 Å². The molecule has 0 heterocycles. The maximum Gasteiger partial charge on any atom is 2.00 e. The Balaban J connectivity index is -0.0000000720. The van der Waals surface area contributed by atoms with E-state index in [-0.39, 0.29) is 16.5 Å². The molecule has 0 rings (SSSR count). The van der Waals surface area contributed by atoms with Crippen LogP contribution in [0.5, 0.6) is 0 Å². The van der Waals surface area contributed by atoms with Crippen LogP contribution in [0.15, 0.2) is 0 Å². The Morgan fingerprint density at radius 2 is 0.556 bits per heavy atom. The van der Waals surface area contributed by atoms with E-state index in [9.17, 15) is 0 Å². The summed E-state index contributed by atoms with van der Waals surface area (Å²) in [5, 5.41) is 0. The quantitative estimate of drug-likeness (QED) is 0.407. The van der Waals surface area contributed by atoms with Gasteiger partial charge in [-0.05, 0) is 0 Å². The van der Waals surface area contributed by atoms with E-state index in [1.54, 1.807) is 0 Å². The molecular weight excluding hydrogens is 314 g/mol. The topological polar surface area (TPSA) is 138 Å². The largest absolute Gasteiger partial charge is 2.00 e. The van der Waals surface area contributed by atoms with Gasteiger partial charge in [0.05, 0.1) is 0 Å². The van der Waals surface area contributed by atoms with Gasteiger partial charge in [0.2, 0.25) is 29.6 Å². The second-order valence-electron chi connectivity index (χ2n) is 0.378. The van der Waals surface area contributed by atoms with Crippen molar-refractivity contribution in [2.24, 2.45) is 0 Å². The van der Waals surface area contributed by atoms with E-state index < -0.39 is 29.6 Å². The fraction of sp³-hybridized carbons (Fsp3) is 0. The van der Waals surface area contributed by atoms with Crippen LogP contribution in [0.4, 0.5) is 0 Å². The van der Waals surface area contributed by atoms with E-state index in [0.717, 1.165) is 0 Å². The molecule has 9 heavy (non-hydrogen) atoms. The third-order valence-electron chi connectivity index (χ3n) is 0. The van der Waals surface area contributed by atoms with Gasteiger partial charge in [0.1, 0.15) is 0 Å².